The molecule has 0 radical (unpaired) electrons. The van der Waals surface area contributed by atoms with Crippen LogP contribution in [-0.4, -0.2) is 10.1 Å². The zero-order valence-electron chi connectivity index (χ0n) is 6.24. The highest BCUT2D eigenvalue weighted by Gasteiger charge is 2.04. The third-order valence-corrected chi connectivity index (χ3v) is 2.04. The van der Waals surface area contributed by atoms with Crippen molar-refractivity contribution in [1.82, 2.24) is 10.1 Å². The van der Waals surface area contributed by atoms with Gasteiger partial charge in [0.15, 0.2) is 5.65 Å². The minimum absolute atomic E-state index is 0.816. The predicted octanol–water partition coefficient (Wildman–Crippen LogP) is 2.31. The molecule has 3 rings (SSSR count). The normalized spacial score (nSPS) is 11.3. The van der Waals surface area contributed by atoms with Gasteiger partial charge in [-0.15, -0.1) is 0 Å². The lowest BCUT2D eigenvalue weighted by Gasteiger charge is -1.84. The second kappa shape index (κ2) is 1.88. The number of H-pyrrole nitrogens is 1. The molecule has 12 heavy (non-hydrogen) atoms. The van der Waals surface area contributed by atoms with Gasteiger partial charge in [0.25, 0.3) is 0 Å². The van der Waals surface area contributed by atoms with E-state index in [0.29, 0.717) is 0 Å². The molecule has 0 amide bonds. The van der Waals surface area contributed by atoms with Crippen molar-refractivity contribution in [3.05, 3.63) is 30.5 Å². The van der Waals surface area contributed by atoms with Gasteiger partial charge in [0.1, 0.15) is 6.26 Å². The van der Waals surface area contributed by atoms with Crippen LogP contribution in [0.25, 0.3) is 21.9 Å². The highest BCUT2D eigenvalue weighted by atomic mass is 16.5. The maximum absolute atomic E-state index is 4.83. The first-order chi connectivity index (χ1) is 5.95. The summed E-state index contributed by atoms with van der Waals surface area (Å²) in [5.74, 6) is 0. The summed E-state index contributed by atoms with van der Waals surface area (Å²) in [5.41, 5.74) is 1.92. The summed E-state index contributed by atoms with van der Waals surface area (Å²) >= 11 is 0. The number of aromatic nitrogens is 2. The number of para-hydroxylation sites is 1. The van der Waals surface area contributed by atoms with Crippen LogP contribution in [0.4, 0.5) is 0 Å². The predicted molar refractivity (Wildman–Crippen MR) is 45.9 cm³/mol. The minimum Gasteiger partial charge on any atom is -0.362 e. The smallest absolute Gasteiger partial charge is 0.181 e. The Hall–Kier alpha value is -1.77. The van der Waals surface area contributed by atoms with Gasteiger partial charge in [-0.25, -0.2) is 0 Å². The molecule has 58 valence electrons. The fraction of sp³-hybridized carbons (Fsp3) is 0. The number of hydrogen-bond acceptors (Lipinski definition) is 2. The van der Waals surface area contributed by atoms with E-state index in [9.17, 15) is 0 Å². The van der Waals surface area contributed by atoms with E-state index < -0.39 is 0 Å². The third kappa shape index (κ3) is 0.580. The van der Waals surface area contributed by atoms with Gasteiger partial charge >= 0.3 is 0 Å². The van der Waals surface area contributed by atoms with Crippen LogP contribution >= 0.6 is 0 Å². The van der Waals surface area contributed by atoms with Crippen LogP contribution in [0, 0.1) is 0 Å². The zero-order valence-corrected chi connectivity index (χ0v) is 6.24. The molecule has 0 aliphatic heterocycles. The summed E-state index contributed by atoms with van der Waals surface area (Å²) in [7, 11) is 0. The number of nitrogens with zero attached hydrogens (tertiary/aromatic N) is 1. The van der Waals surface area contributed by atoms with Crippen LogP contribution in [0.1, 0.15) is 0 Å². The average molecular weight is 158 g/mol. The third-order valence-electron chi connectivity index (χ3n) is 2.04. The van der Waals surface area contributed by atoms with Gasteiger partial charge in [-0.3, -0.25) is 0 Å². The maximum Gasteiger partial charge on any atom is 0.181 e. The van der Waals surface area contributed by atoms with Crippen molar-refractivity contribution in [2.45, 2.75) is 0 Å². The molecule has 0 fully saturated rings. The summed E-state index contributed by atoms with van der Waals surface area (Å²) in [6.45, 7) is 0. The zero-order chi connectivity index (χ0) is 7.97. The molecule has 2 aromatic heterocycles. The Morgan fingerprint density at radius 2 is 2.08 bits per heavy atom. The van der Waals surface area contributed by atoms with Gasteiger partial charge in [-0.05, 0) is 6.07 Å². The fourth-order valence-corrected chi connectivity index (χ4v) is 1.47. The van der Waals surface area contributed by atoms with E-state index in [-0.39, 0.29) is 0 Å². The molecule has 0 aliphatic carbocycles. The number of hydrogen-bond donors (Lipinski definition) is 1. The van der Waals surface area contributed by atoms with Crippen molar-refractivity contribution < 1.29 is 4.52 Å². The molecular formula is C9H6N2O. The molecule has 0 atom stereocenters. The van der Waals surface area contributed by atoms with E-state index in [0.717, 1.165) is 21.9 Å². The van der Waals surface area contributed by atoms with Crippen molar-refractivity contribution in [3.8, 4) is 0 Å². The highest BCUT2D eigenvalue weighted by Crippen LogP contribution is 2.23. The van der Waals surface area contributed by atoms with Gasteiger partial charge < -0.3 is 9.51 Å². The summed E-state index contributed by atoms with van der Waals surface area (Å²) in [5, 5.41) is 6.03. The van der Waals surface area contributed by atoms with Gasteiger partial charge in [0.2, 0.25) is 0 Å². The maximum atomic E-state index is 4.83. The quantitative estimate of drug-likeness (QED) is 0.545. The summed E-state index contributed by atoms with van der Waals surface area (Å²) in [4.78, 5) is 3.15. The Morgan fingerprint density at radius 1 is 1.17 bits per heavy atom. The van der Waals surface area contributed by atoms with Crippen LogP contribution in [0.2, 0.25) is 0 Å². The lowest BCUT2D eigenvalue weighted by molar-refractivity contribution is 0.426. The largest absolute Gasteiger partial charge is 0.362 e. The number of nitrogens with one attached hydrogen (secondary N) is 1. The monoisotopic (exact) mass is 158 g/mol. The second-order valence-corrected chi connectivity index (χ2v) is 2.75. The SMILES string of the molecule is c1ccc2c(c1)[nH]c1nocc12. The van der Waals surface area contributed by atoms with Crippen molar-refractivity contribution in [2.24, 2.45) is 0 Å². The lowest BCUT2D eigenvalue weighted by Crippen LogP contribution is -1.65. The molecule has 1 N–H and O–H groups in total. The lowest BCUT2D eigenvalue weighted by atomic mass is 10.2. The molecule has 3 nitrogen and oxygen atoms in total. The van der Waals surface area contributed by atoms with Crippen LogP contribution < -0.4 is 0 Å². The summed E-state index contributed by atoms with van der Waals surface area (Å²) in [6.07, 6.45) is 1.66. The Kier molecular flexibility index (Phi) is 0.913. The molecule has 0 saturated heterocycles. The molecule has 0 spiro atoms. The minimum atomic E-state index is 0.816. The fourth-order valence-electron chi connectivity index (χ4n) is 1.47. The molecule has 0 bridgehead atoms. The standard InChI is InChI=1S/C9H6N2O/c1-2-4-8-6(3-1)7-5-12-11-9(7)10-8/h1-5H,(H,10,11). The van der Waals surface area contributed by atoms with E-state index in [1.807, 2.05) is 24.3 Å². The van der Waals surface area contributed by atoms with Crippen molar-refractivity contribution >= 4 is 21.9 Å². The highest BCUT2D eigenvalue weighted by molar-refractivity contribution is 6.05. The Labute approximate surface area is 68.0 Å². The Bertz CT molecular complexity index is 534. The molecule has 3 heteroatoms. The van der Waals surface area contributed by atoms with Crippen molar-refractivity contribution in [3.63, 3.8) is 0 Å². The molecule has 0 saturated carbocycles. The topological polar surface area (TPSA) is 41.8 Å². The van der Waals surface area contributed by atoms with Crippen LogP contribution in [0.15, 0.2) is 35.1 Å². The average Bonchev–Trinajstić information content (AvgIpc) is 2.62. The number of rotatable bonds is 0. The number of benzene rings is 1. The van der Waals surface area contributed by atoms with Crippen molar-refractivity contribution in [2.75, 3.05) is 0 Å². The number of fused-ring (bicyclic) bond motifs is 3. The van der Waals surface area contributed by atoms with E-state index in [1.165, 1.54) is 0 Å². The molecule has 2 heterocycles. The van der Waals surface area contributed by atoms with Gasteiger partial charge in [-0.1, -0.05) is 23.4 Å². The molecule has 0 aliphatic rings. The van der Waals surface area contributed by atoms with E-state index in [2.05, 4.69) is 10.1 Å². The molecular weight excluding hydrogens is 152 g/mol. The van der Waals surface area contributed by atoms with Gasteiger partial charge in [0, 0.05) is 10.9 Å². The Morgan fingerprint density at radius 3 is 3.08 bits per heavy atom. The number of aromatic amines is 1. The van der Waals surface area contributed by atoms with Crippen LogP contribution in [-0.2, 0) is 0 Å². The first kappa shape index (κ1) is 5.83. The summed E-state index contributed by atoms with van der Waals surface area (Å²) in [6, 6.07) is 8.07. The van der Waals surface area contributed by atoms with E-state index >= 15 is 0 Å². The first-order valence-corrected chi connectivity index (χ1v) is 3.76. The van der Waals surface area contributed by atoms with E-state index in [4.69, 9.17) is 4.52 Å². The van der Waals surface area contributed by atoms with Crippen LogP contribution in [0.3, 0.4) is 0 Å². The summed E-state index contributed by atoms with van der Waals surface area (Å²) < 4.78 is 4.83. The molecule has 1 aromatic carbocycles. The van der Waals surface area contributed by atoms with Gasteiger partial charge in [0.05, 0.1) is 5.39 Å². The van der Waals surface area contributed by atoms with Gasteiger partial charge in [-0.2, -0.15) is 0 Å². The first-order valence-electron chi connectivity index (χ1n) is 3.76. The molecule has 3 aromatic rings. The van der Waals surface area contributed by atoms with Crippen molar-refractivity contribution in [1.29, 1.82) is 0 Å². The van der Waals surface area contributed by atoms with E-state index in [1.54, 1.807) is 6.26 Å². The van der Waals surface area contributed by atoms with Crippen LogP contribution in [0.5, 0.6) is 0 Å². The second-order valence-electron chi connectivity index (χ2n) is 2.75. The molecule has 0 unspecified atom stereocenters. The Balaban J connectivity index is 2.68.